The fourth-order valence-corrected chi connectivity index (χ4v) is 0.924. The molecule has 0 radical (unpaired) electrons. The fraction of sp³-hybridized carbons (Fsp3) is 0.636. The van der Waals surface area contributed by atoms with Crippen LogP contribution in [-0.4, -0.2) is 50.1 Å². The van der Waals surface area contributed by atoms with Crippen LogP contribution in [0.4, 0.5) is 0 Å². The number of aliphatic imine (C=N–C) groups is 1. The summed E-state index contributed by atoms with van der Waals surface area (Å²) in [5.74, 6) is -0.913. The second kappa shape index (κ2) is 11.0. The van der Waals surface area contributed by atoms with Gasteiger partial charge in [-0.2, -0.15) is 0 Å². The highest BCUT2D eigenvalue weighted by atomic mass is 16.5. The number of carbonyl (C=O) groups excluding carboxylic acids is 1. The summed E-state index contributed by atoms with van der Waals surface area (Å²) < 4.78 is 10.3. The van der Waals surface area contributed by atoms with Gasteiger partial charge in [0.05, 0.1) is 33.0 Å². The zero-order valence-corrected chi connectivity index (χ0v) is 9.85. The van der Waals surface area contributed by atoms with Crippen LogP contribution in [0.5, 0.6) is 0 Å². The summed E-state index contributed by atoms with van der Waals surface area (Å²) in [7, 11) is 0. The predicted octanol–water partition coefficient (Wildman–Crippen LogP) is 0.776. The van der Waals surface area contributed by atoms with Gasteiger partial charge < -0.3 is 14.6 Å². The van der Waals surface area contributed by atoms with Crippen molar-refractivity contribution in [3.8, 4) is 0 Å². The van der Waals surface area contributed by atoms with Gasteiger partial charge in [0, 0.05) is 5.57 Å². The Labute approximate surface area is 99.9 Å². The van der Waals surface area contributed by atoms with Crippen LogP contribution in [0.15, 0.2) is 16.6 Å². The van der Waals surface area contributed by atoms with E-state index in [0.717, 1.165) is 0 Å². The van der Waals surface area contributed by atoms with Gasteiger partial charge in [0.1, 0.15) is 0 Å². The predicted molar refractivity (Wildman–Crippen MR) is 60.6 cm³/mol. The van der Waals surface area contributed by atoms with Crippen LogP contribution in [0.2, 0.25) is 0 Å². The first-order valence-corrected chi connectivity index (χ1v) is 5.27. The number of carbonyl (C=O) groups is 1. The third-order valence-corrected chi connectivity index (χ3v) is 1.83. The molecule has 0 aliphatic carbocycles. The number of carboxylic acid groups (broad SMARTS) is 1. The zero-order chi connectivity index (χ0) is 12.9. The average molecular weight is 243 g/mol. The molecule has 6 heteroatoms. The Bertz CT molecular complexity index is 294. The molecule has 17 heavy (non-hydrogen) atoms. The SMILES string of the molecule is CC(=CCCOCCOCCN=C=O)C(=O)O. The second-order valence-electron chi connectivity index (χ2n) is 3.18. The molecule has 0 heterocycles. The van der Waals surface area contributed by atoms with Gasteiger partial charge in [-0.15, -0.1) is 0 Å². The van der Waals surface area contributed by atoms with Crippen LogP contribution in [0.25, 0.3) is 0 Å². The quantitative estimate of drug-likeness (QED) is 0.265. The summed E-state index contributed by atoms with van der Waals surface area (Å²) in [5.41, 5.74) is 0.316. The molecular weight excluding hydrogens is 226 g/mol. The van der Waals surface area contributed by atoms with Crippen molar-refractivity contribution in [2.75, 3.05) is 33.0 Å². The van der Waals surface area contributed by atoms with Crippen LogP contribution in [0, 0.1) is 0 Å². The molecule has 0 rings (SSSR count). The normalized spacial score (nSPS) is 11.0. The zero-order valence-electron chi connectivity index (χ0n) is 9.85. The van der Waals surface area contributed by atoms with E-state index in [9.17, 15) is 9.59 Å². The van der Waals surface area contributed by atoms with Gasteiger partial charge in [-0.25, -0.2) is 14.6 Å². The Morgan fingerprint density at radius 2 is 1.94 bits per heavy atom. The third-order valence-electron chi connectivity index (χ3n) is 1.83. The highest BCUT2D eigenvalue weighted by Crippen LogP contribution is 1.95. The van der Waals surface area contributed by atoms with Crippen molar-refractivity contribution < 1.29 is 24.2 Å². The molecule has 6 nitrogen and oxygen atoms in total. The van der Waals surface area contributed by atoms with Gasteiger partial charge in [0.15, 0.2) is 0 Å². The maximum absolute atomic E-state index is 10.4. The highest BCUT2D eigenvalue weighted by Gasteiger charge is 1.97. The molecule has 96 valence electrons. The van der Waals surface area contributed by atoms with Crippen molar-refractivity contribution >= 4 is 12.0 Å². The lowest BCUT2D eigenvalue weighted by Gasteiger charge is -2.03. The lowest BCUT2D eigenvalue weighted by atomic mass is 10.2. The van der Waals surface area contributed by atoms with Crippen LogP contribution in [0.3, 0.4) is 0 Å². The van der Waals surface area contributed by atoms with Crippen LogP contribution in [-0.2, 0) is 19.1 Å². The van der Waals surface area contributed by atoms with E-state index in [1.165, 1.54) is 6.08 Å². The molecule has 0 saturated heterocycles. The van der Waals surface area contributed by atoms with E-state index < -0.39 is 5.97 Å². The number of ether oxygens (including phenoxy) is 2. The van der Waals surface area contributed by atoms with Crippen LogP contribution < -0.4 is 0 Å². The lowest BCUT2D eigenvalue weighted by Crippen LogP contribution is -2.07. The number of isocyanates is 1. The Hall–Kier alpha value is -1.49. The fourth-order valence-electron chi connectivity index (χ4n) is 0.924. The van der Waals surface area contributed by atoms with Crippen LogP contribution in [0.1, 0.15) is 13.3 Å². The molecule has 0 bridgehead atoms. The number of carboxylic acids is 1. The van der Waals surface area contributed by atoms with E-state index in [1.807, 2.05) is 0 Å². The number of hydrogen-bond acceptors (Lipinski definition) is 5. The lowest BCUT2D eigenvalue weighted by molar-refractivity contribution is -0.132. The summed E-state index contributed by atoms with van der Waals surface area (Å²) in [6, 6.07) is 0. The van der Waals surface area contributed by atoms with Crippen molar-refractivity contribution in [1.82, 2.24) is 0 Å². The molecule has 0 aromatic carbocycles. The molecule has 0 aliphatic heterocycles. The van der Waals surface area contributed by atoms with E-state index in [4.69, 9.17) is 14.6 Å². The Morgan fingerprint density at radius 1 is 1.29 bits per heavy atom. The topological polar surface area (TPSA) is 85.2 Å². The number of aliphatic carboxylic acids is 1. The molecule has 0 aromatic rings. The van der Waals surface area contributed by atoms with E-state index in [2.05, 4.69) is 4.99 Å². The van der Waals surface area contributed by atoms with Gasteiger partial charge in [0.25, 0.3) is 0 Å². The molecule has 0 spiro atoms. The van der Waals surface area contributed by atoms with E-state index >= 15 is 0 Å². The summed E-state index contributed by atoms with van der Waals surface area (Å²) in [4.78, 5) is 23.4. The molecule has 0 atom stereocenters. The second-order valence-corrected chi connectivity index (χ2v) is 3.18. The highest BCUT2D eigenvalue weighted by molar-refractivity contribution is 5.85. The minimum absolute atomic E-state index is 0.310. The van der Waals surface area contributed by atoms with Gasteiger partial charge in [-0.1, -0.05) is 6.08 Å². The van der Waals surface area contributed by atoms with Gasteiger partial charge in [0.2, 0.25) is 6.08 Å². The van der Waals surface area contributed by atoms with Crippen molar-refractivity contribution in [3.05, 3.63) is 11.6 Å². The van der Waals surface area contributed by atoms with Gasteiger partial charge in [-0.05, 0) is 13.3 Å². The Balaban J connectivity index is 3.27. The summed E-state index contributed by atoms with van der Waals surface area (Å²) >= 11 is 0. The van der Waals surface area contributed by atoms with Crippen molar-refractivity contribution in [1.29, 1.82) is 0 Å². The van der Waals surface area contributed by atoms with E-state index in [-0.39, 0.29) is 0 Å². The smallest absolute Gasteiger partial charge is 0.330 e. The van der Waals surface area contributed by atoms with Gasteiger partial charge in [-0.3, -0.25) is 0 Å². The molecule has 0 unspecified atom stereocenters. The van der Waals surface area contributed by atoms with Crippen molar-refractivity contribution in [2.45, 2.75) is 13.3 Å². The van der Waals surface area contributed by atoms with E-state index in [1.54, 1.807) is 13.0 Å². The molecule has 0 aliphatic rings. The summed E-state index contributed by atoms with van der Waals surface area (Å²) in [6.07, 6.45) is 3.59. The minimum Gasteiger partial charge on any atom is -0.478 e. The monoisotopic (exact) mass is 243 g/mol. The standard InChI is InChI=1S/C11H17NO5/c1-10(11(14)15)3-2-5-16-7-8-17-6-4-12-9-13/h3H,2,4-8H2,1H3,(H,14,15). The molecule has 0 fully saturated rings. The van der Waals surface area contributed by atoms with Crippen molar-refractivity contribution in [2.24, 2.45) is 4.99 Å². The number of hydrogen-bond donors (Lipinski definition) is 1. The number of nitrogens with zero attached hydrogens (tertiary/aromatic N) is 1. The summed E-state index contributed by atoms with van der Waals surface area (Å²) in [5, 5.41) is 8.56. The maximum Gasteiger partial charge on any atom is 0.330 e. The minimum atomic E-state index is -0.913. The van der Waals surface area contributed by atoms with E-state index in [0.29, 0.717) is 45.0 Å². The first-order valence-electron chi connectivity index (χ1n) is 5.27. The number of rotatable bonds is 10. The Morgan fingerprint density at radius 3 is 2.53 bits per heavy atom. The van der Waals surface area contributed by atoms with Crippen LogP contribution >= 0.6 is 0 Å². The largest absolute Gasteiger partial charge is 0.478 e. The maximum atomic E-state index is 10.4. The molecule has 0 saturated carbocycles. The Kier molecular flexibility index (Phi) is 10.0. The van der Waals surface area contributed by atoms with Crippen molar-refractivity contribution in [3.63, 3.8) is 0 Å². The molecule has 1 N–H and O–H groups in total. The first-order chi connectivity index (χ1) is 8.18. The summed E-state index contributed by atoms with van der Waals surface area (Å²) in [6.45, 7) is 3.54. The first kappa shape index (κ1) is 15.5. The average Bonchev–Trinajstić information content (AvgIpc) is 2.31. The third kappa shape index (κ3) is 10.8. The molecule has 0 aromatic heterocycles. The molecule has 0 amide bonds. The van der Waals surface area contributed by atoms with Gasteiger partial charge >= 0.3 is 5.97 Å². The molecular formula is C11H17NO5.